The number of rotatable bonds is 2. The lowest BCUT2D eigenvalue weighted by Gasteiger charge is -2.07. The van der Waals surface area contributed by atoms with Crippen molar-refractivity contribution in [2.45, 2.75) is 24.7 Å². The van der Waals surface area contributed by atoms with Crippen LogP contribution in [0.5, 0.6) is 0 Å². The summed E-state index contributed by atoms with van der Waals surface area (Å²) in [6.45, 7) is 2.20. The van der Waals surface area contributed by atoms with Gasteiger partial charge in [-0.25, -0.2) is 8.42 Å². The van der Waals surface area contributed by atoms with Gasteiger partial charge < -0.3 is 10.2 Å². The number of para-hydroxylation sites is 1. The van der Waals surface area contributed by atoms with Crippen LogP contribution >= 0.6 is 0 Å². The first kappa shape index (κ1) is 14.6. The van der Waals surface area contributed by atoms with Gasteiger partial charge in [0, 0.05) is 0 Å². The Kier molecular flexibility index (Phi) is 4.76. The lowest BCUT2D eigenvalue weighted by atomic mass is 10.3. The summed E-state index contributed by atoms with van der Waals surface area (Å²) in [5, 5.41) is 27.2. The Labute approximate surface area is 104 Å². The number of sulfone groups is 1. The Hall–Kier alpha value is -1.51. The first-order valence-corrected chi connectivity index (χ1v) is 6.81. The highest BCUT2D eigenvalue weighted by Gasteiger charge is 2.23. The topological polar surface area (TPSA) is 116 Å². The van der Waals surface area contributed by atoms with Crippen molar-refractivity contribution < 1.29 is 18.6 Å². The molecule has 0 spiro atoms. The van der Waals surface area contributed by atoms with Crippen LogP contribution in [0.15, 0.2) is 24.3 Å². The summed E-state index contributed by atoms with van der Waals surface area (Å²) in [7, 11) is -3.70. The molecule has 0 radical (unpaired) electrons. The summed E-state index contributed by atoms with van der Waals surface area (Å²) in [6.07, 6.45) is 0. The fraction of sp³-hybridized carbons (Fsp3) is 0.400. The molecule has 2 aromatic rings. The summed E-state index contributed by atoms with van der Waals surface area (Å²) in [5.74, 6) is 0. The maximum absolute atomic E-state index is 10.5. The minimum atomic E-state index is -3.70. The maximum atomic E-state index is 10.5. The van der Waals surface area contributed by atoms with Crippen LogP contribution in [-0.2, 0) is 9.84 Å². The van der Waals surface area contributed by atoms with E-state index in [4.69, 9.17) is 10.2 Å². The minimum Gasteiger partial charge on any atom is -0.377 e. The number of aliphatic hydroxyl groups is 2. The van der Waals surface area contributed by atoms with Crippen LogP contribution in [0, 0.1) is 0 Å². The molecule has 18 heavy (non-hydrogen) atoms. The SMILES string of the molecule is CC(O)S(=O)(=O)C(C)O.c1ccc2[nH]nnc2c1. The van der Waals surface area contributed by atoms with Gasteiger partial charge in [-0.2, -0.15) is 0 Å². The molecule has 7 nitrogen and oxygen atoms in total. The molecule has 1 heterocycles. The van der Waals surface area contributed by atoms with Gasteiger partial charge in [-0.15, -0.1) is 5.10 Å². The predicted molar refractivity (Wildman–Crippen MR) is 66.2 cm³/mol. The van der Waals surface area contributed by atoms with Gasteiger partial charge in [0.25, 0.3) is 0 Å². The van der Waals surface area contributed by atoms with Gasteiger partial charge in [0.1, 0.15) is 5.52 Å². The van der Waals surface area contributed by atoms with Crippen LogP contribution in [-0.4, -0.2) is 44.9 Å². The van der Waals surface area contributed by atoms with Gasteiger partial charge >= 0.3 is 0 Å². The van der Waals surface area contributed by atoms with Gasteiger partial charge in [0.2, 0.25) is 9.84 Å². The highest BCUT2D eigenvalue weighted by atomic mass is 32.2. The van der Waals surface area contributed by atoms with Gasteiger partial charge in [-0.05, 0) is 26.0 Å². The lowest BCUT2D eigenvalue weighted by molar-refractivity contribution is 0.231. The zero-order valence-corrected chi connectivity index (χ0v) is 10.8. The number of hydrogen-bond acceptors (Lipinski definition) is 6. The summed E-state index contributed by atoms with van der Waals surface area (Å²) in [4.78, 5) is 0. The Morgan fingerprint density at radius 2 is 1.72 bits per heavy atom. The summed E-state index contributed by atoms with van der Waals surface area (Å²) in [5.41, 5.74) is -1.08. The zero-order chi connectivity index (χ0) is 13.8. The monoisotopic (exact) mass is 273 g/mol. The molecular weight excluding hydrogens is 258 g/mol. The van der Waals surface area contributed by atoms with Crippen molar-refractivity contribution in [3.8, 4) is 0 Å². The Bertz CT molecular complexity index is 548. The first-order chi connectivity index (χ1) is 8.35. The second kappa shape index (κ2) is 5.89. The van der Waals surface area contributed by atoms with Gasteiger partial charge in [0.05, 0.1) is 5.52 Å². The molecule has 0 fully saturated rings. The molecule has 0 aliphatic carbocycles. The number of fused-ring (bicyclic) bond motifs is 1. The smallest absolute Gasteiger partial charge is 0.202 e. The predicted octanol–water partition coefficient (Wildman–Crippen LogP) is 0.0357. The molecule has 2 rings (SSSR count). The number of aromatic nitrogens is 3. The van der Waals surface area contributed by atoms with Crippen molar-refractivity contribution in [2.24, 2.45) is 0 Å². The fourth-order valence-electron chi connectivity index (χ4n) is 1.07. The second-order valence-electron chi connectivity index (χ2n) is 3.62. The van der Waals surface area contributed by atoms with Gasteiger partial charge in [0.15, 0.2) is 10.9 Å². The fourth-order valence-corrected chi connectivity index (χ4v) is 1.64. The summed E-state index contributed by atoms with van der Waals surface area (Å²) < 4.78 is 21.1. The van der Waals surface area contributed by atoms with Crippen molar-refractivity contribution in [1.29, 1.82) is 0 Å². The van der Waals surface area contributed by atoms with Crippen LogP contribution in [0.3, 0.4) is 0 Å². The quantitative estimate of drug-likeness (QED) is 0.711. The van der Waals surface area contributed by atoms with E-state index in [1.807, 2.05) is 24.3 Å². The molecule has 8 heteroatoms. The van der Waals surface area contributed by atoms with E-state index in [9.17, 15) is 8.42 Å². The average Bonchev–Trinajstić information content (AvgIpc) is 2.77. The lowest BCUT2D eigenvalue weighted by Crippen LogP contribution is -2.27. The molecule has 1 aromatic heterocycles. The molecule has 3 N–H and O–H groups in total. The van der Waals surface area contributed by atoms with E-state index in [0.717, 1.165) is 24.9 Å². The van der Waals surface area contributed by atoms with Crippen LogP contribution in [0.1, 0.15) is 13.8 Å². The molecule has 2 atom stereocenters. The molecule has 0 amide bonds. The zero-order valence-electron chi connectivity index (χ0n) is 9.98. The van der Waals surface area contributed by atoms with Crippen molar-refractivity contribution in [2.75, 3.05) is 0 Å². The number of hydrogen-bond donors (Lipinski definition) is 3. The van der Waals surface area contributed by atoms with Crippen LogP contribution in [0.2, 0.25) is 0 Å². The van der Waals surface area contributed by atoms with E-state index in [-0.39, 0.29) is 0 Å². The average molecular weight is 273 g/mol. The molecule has 0 saturated carbocycles. The maximum Gasteiger partial charge on any atom is 0.202 e. The third-order valence-corrected chi connectivity index (χ3v) is 4.08. The standard InChI is InChI=1S/C6H5N3.C4H10O4S/c1-2-4-6-5(3-1)7-9-8-6;1-3(5)9(7,8)4(2)6/h1-4H,(H,7,8,9);3-6H,1-2H3. The molecule has 0 saturated heterocycles. The van der Waals surface area contributed by atoms with E-state index in [0.29, 0.717) is 0 Å². The molecule has 0 aliphatic rings. The molecular formula is C10H15N3O4S. The minimum absolute atomic E-state index is 0.914. The highest BCUT2D eigenvalue weighted by molar-refractivity contribution is 7.92. The summed E-state index contributed by atoms with van der Waals surface area (Å²) >= 11 is 0. The Morgan fingerprint density at radius 1 is 1.17 bits per heavy atom. The largest absolute Gasteiger partial charge is 0.377 e. The van der Waals surface area contributed by atoms with E-state index in [2.05, 4.69) is 15.4 Å². The first-order valence-electron chi connectivity index (χ1n) is 5.20. The normalized spacial score (nSPS) is 14.7. The van der Waals surface area contributed by atoms with Crippen molar-refractivity contribution in [1.82, 2.24) is 15.4 Å². The molecule has 1 aromatic carbocycles. The van der Waals surface area contributed by atoms with Crippen molar-refractivity contribution in [3.05, 3.63) is 24.3 Å². The van der Waals surface area contributed by atoms with E-state index >= 15 is 0 Å². The van der Waals surface area contributed by atoms with Crippen molar-refractivity contribution >= 4 is 20.9 Å². The Balaban J connectivity index is 0.000000180. The Morgan fingerprint density at radius 3 is 2.17 bits per heavy atom. The number of aliphatic hydroxyl groups excluding tert-OH is 2. The van der Waals surface area contributed by atoms with E-state index < -0.39 is 20.7 Å². The molecule has 100 valence electrons. The third kappa shape index (κ3) is 3.49. The van der Waals surface area contributed by atoms with Crippen molar-refractivity contribution in [3.63, 3.8) is 0 Å². The van der Waals surface area contributed by atoms with E-state index in [1.165, 1.54) is 0 Å². The van der Waals surface area contributed by atoms with E-state index in [1.54, 1.807) is 0 Å². The molecule has 0 bridgehead atoms. The molecule has 0 aliphatic heterocycles. The number of H-pyrrole nitrogens is 1. The number of benzene rings is 1. The highest BCUT2D eigenvalue weighted by Crippen LogP contribution is 2.04. The third-order valence-electron chi connectivity index (χ3n) is 2.18. The number of nitrogens with one attached hydrogen (secondary N) is 1. The number of nitrogens with zero attached hydrogens (tertiary/aromatic N) is 2. The van der Waals surface area contributed by atoms with Crippen LogP contribution in [0.25, 0.3) is 11.0 Å². The summed E-state index contributed by atoms with van der Waals surface area (Å²) in [6, 6.07) is 7.74. The van der Waals surface area contributed by atoms with Crippen LogP contribution in [0.4, 0.5) is 0 Å². The number of aromatic amines is 1. The molecule has 2 unspecified atom stereocenters. The van der Waals surface area contributed by atoms with Gasteiger partial charge in [-0.1, -0.05) is 17.3 Å². The second-order valence-corrected chi connectivity index (χ2v) is 6.16. The van der Waals surface area contributed by atoms with Crippen LogP contribution < -0.4 is 0 Å². The van der Waals surface area contributed by atoms with Gasteiger partial charge in [-0.3, -0.25) is 5.10 Å².